The molecule has 0 atom stereocenters. The summed E-state index contributed by atoms with van der Waals surface area (Å²) in [4.78, 5) is 12.4. The second kappa shape index (κ2) is 13.0. The zero-order valence-corrected chi connectivity index (χ0v) is 17.8. The summed E-state index contributed by atoms with van der Waals surface area (Å²) in [6.07, 6.45) is 10.3. The molecule has 1 aromatic carbocycles. The van der Waals surface area contributed by atoms with Crippen molar-refractivity contribution in [2.45, 2.75) is 58.8 Å². The van der Waals surface area contributed by atoms with Gasteiger partial charge in [0.15, 0.2) is 6.54 Å². The molecule has 152 valence electrons. The van der Waals surface area contributed by atoms with Gasteiger partial charge in [0.2, 0.25) is 0 Å². The lowest BCUT2D eigenvalue weighted by Gasteiger charge is -2.40. The van der Waals surface area contributed by atoms with E-state index in [0.29, 0.717) is 13.2 Å². The van der Waals surface area contributed by atoms with Crippen molar-refractivity contribution in [2.75, 3.05) is 32.8 Å². The van der Waals surface area contributed by atoms with Crippen LogP contribution in [0.15, 0.2) is 42.0 Å². The van der Waals surface area contributed by atoms with Gasteiger partial charge in [-0.05, 0) is 50.7 Å². The molecule has 3 nitrogen and oxygen atoms in total. The first-order chi connectivity index (χ1) is 12.6. The molecule has 2 rings (SSSR count). The lowest BCUT2D eigenvalue weighted by Crippen LogP contribution is -3.00. The number of carbonyl (C=O) groups is 1. The van der Waals surface area contributed by atoms with Gasteiger partial charge in [0, 0.05) is 0 Å². The van der Waals surface area contributed by atoms with Crippen LogP contribution < -0.4 is 12.4 Å². The number of unbranched alkanes of at least 4 members (excludes halogenated alkanes) is 2. The number of benzene rings is 1. The third-order valence-corrected chi connectivity index (χ3v) is 5.39. The van der Waals surface area contributed by atoms with E-state index in [1.54, 1.807) is 0 Å². The maximum absolute atomic E-state index is 12.4. The number of nitrogens with zero attached hydrogens (tertiary/aromatic N) is 1. The maximum Gasteiger partial charge on any atom is 0.361 e. The molecule has 0 radical (unpaired) electrons. The molecule has 0 aromatic heterocycles. The second-order valence-electron chi connectivity index (χ2n) is 7.83. The third-order valence-electron chi connectivity index (χ3n) is 5.39. The number of likely N-dealkylation sites (tertiary alicyclic amines) is 1. The number of rotatable bonds is 10. The van der Waals surface area contributed by atoms with Gasteiger partial charge >= 0.3 is 5.97 Å². The van der Waals surface area contributed by atoms with E-state index in [-0.39, 0.29) is 18.4 Å². The quantitative estimate of drug-likeness (QED) is 0.263. The third kappa shape index (κ3) is 8.94. The van der Waals surface area contributed by atoms with Crippen LogP contribution in [0.3, 0.4) is 0 Å². The number of halogens is 1. The van der Waals surface area contributed by atoms with Crippen LogP contribution in [0.2, 0.25) is 0 Å². The summed E-state index contributed by atoms with van der Waals surface area (Å²) in [7, 11) is 0. The van der Waals surface area contributed by atoms with Crippen molar-refractivity contribution in [2.24, 2.45) is 0 Å². The van der Waals surface area contributed by atoms with Gasteiger partial charge in [-0.3, -0.25) is 0 Å². The zero-order valence-electron chi connectivity index (χ0n) is 17.1. The van der Waals surface area contributed by atoms with Crippen LogP contribution in [-0.4, -0.2) is 43.2 Å². The van der Waals surface area contributed by atoms with Crippen LogP contribution >= 0.6 is 0 Å². The van der Waals surface area contributed by atoms with Crippen molar-refractivity contribution in [1.82, 2.24) is 0 Å². The Morgan fingerprint density at radius 1 is 1.11 bits per heavy atom. The van der Waals surface area contributed by atoms with Gasteiger partial charge in [-0.15, -0.1) is 0 Å². The predicted molar refractivity (Wildman–Crippen MR) is 108 cm³/mol. The molecular weight excluding hydrogens is 358 g/mol. The fraction of sp³-hybridized carbons (Fsp3) is 0.609. The van der Waals surface area contributed by atoms with Gasteiger partial charge < -0.3 is 21.6 Å². The number of ether oxygens (including phenoxy) is 1. The first kappa shape index (κ1) is 23.7. The SMILES string of the molecule is CCCCCOC(=O)C[N+]1(C/C=C(\C)Cc2ccccc2)CCCCC1.[Cl-]. The van der Waals surface area contributed by atoms with Crippen molar-refractivity contribution in [3.05, 3.63) is 47.5 Å². The highest BCUT2D eigenvalue weighted by Crippen LogP contribution is 2.20. The van der Waals surface area contributed by atoms with Crippen LogP contribution in [0.5, 0.6) is 0 Å². The van der Waals surface area contributed by atoms with E-state index in [4.69, 9.17) is 4.74 Å². The zero-order chi connectivity index (χ0) is 18.7. The highest BCUT2D eigenvalue weighted by Gasteiger charge is 2.32. The summed E-state index contributed by atoms with van der Waals surface area (Å²) < 4.78 is 6.37. The van der Waals surface area contributed by atoms with Crippen LogP contribution in [0.25, 0.3) is 0 Å². The smallest absolute Gasteiger partial charge is 0.361 e. The van der Waals surface area contributed by atoms with Gasteiger partial charge in [-0.25, -0.2) is 4.79 Å². The molecule has 4 heteroatoms. The summed E-state index contributed by atoms with van der Waals surface area (Å²) in [5.41, 5.74) is 2.73. The van der Waals surface area contributed by atoms with E-state index in [1.807, 2.05) is 0 Å². The summed E-state index contributed by atoms with van der Waals surface area (Å²) in [6, 6.07) is 10.6. The molecule has 0 N–H and O–H groups in total. The molecule has 0 spiro atoms. The van der Waals surface area contributed by atoms with E-state index in [2.05, 4.69) is 50.3 Å². The Hall–Kier alpha value is -1.32. The van der Waals surface area contributed by atoms with Gasteiger partial charge in [0.1, 0.15) is 0 Å². The first-order valence-electron chi connectivity index (χ1n) is 10.3. The van der Waals surface area contributed by atoms with Crippen molar-refractivity contribution >= 4 is 5.97 Å². The van der Waals surface area contributed by atoms with Gasteiger partial charge in [0.25, 0.3) is 0 Å². The fourth-order valence-corrected chi connectivity index (χ4v) is 3.79. The molecule has 0 unspecified atom stereocenters. The Bertz CT molecular complexity index is 565. The molecule has 1 aliphatic heterocycles. The highest BCUT2D eigenvalue weighted by molar-refractivity contribution is 5.70. The van der Waals surface area contributed by atoms with E-state index in [9.17, 15) is 4.79 Å². The van der Waals surface area contributed by atoms with E-state index in [0.717, 1.165) is 49.8 Å². The number of esters is 1. The lowest BCUT2D eigenvalue weighted by molar-refractivity contribution is -0.920. The summed E-state index contributed by atoms with van der Waals surface area (Å²) in [5, 5.41) is 0. The summed E-state index contributed by atoms with van der Waals surface area (Å²) >= 11 is 0. The van der Waals surface area contributed by atoms with Crippen LogP contribution in [-0.2, 0) is 16.0 Å². The van der Waals surface area contributed by atoms with Gasteiger partial charge in [-0.1, -0.05) is 55.7 Å². The van der Waals surface area contributed by atoms with Crippen molar-refractivity contribution in [3.8, 4) is 0 Å². The molecule has 0 bridgehead atoms. The molecular formula is C23H36ClNO2. The molecule has 1 saturated heterocycles. The Morgan fingerprint density at radius 2 is 1.81 bits per heavy atom. The number of hydrogen-bond acceptors (Lipinski definition) is 2. The predicted octanol–water partition coefficient (Wildman–Crippen LogP) is 1.91. The van der Waals surface area contributed by atoms with Crippen LogP contribution in [0.1, 0.15) is 57.9 Å². The van der Waals surface area contributed by atoms with Gasteiger partial charge in [-0.2, -0.15) is 0 Å². The van der Waals surface area contributed by atoms with E-state index >= 15 is 0 Å². The number of piperidine rings is 1. The molecule has 1 aromatic rings. The van der Waals surface area contributed by atoms with Gasteiger partial charge in [0.05, 0.1) is 26.2 Å². The van der Waals surface area contributed by atoms with Crippen molar-refractivity contribution < 1.29 is 26.4 Å². The minimum atomic E-state index is -0.0166. The molecule has 1 aliphatic rings. The second-order valence-corrected chi connectivity index (χ2v) is 7.83. The number of quaternary nitrogens is 1. The Balaban J connectivity index is 0.00000364. The minimum Gasteiger partial charge on any atom is -1.00 e. The molecule has 0 aliphatic carbocycles. The minimum absolute atomic E-state index is 0. The largest absolute Gasteiger partial charge is 1.00 e. The molecule has 1 fully saturated rings. The fourth-order valence-electron chi connectivity index (χ4n) is 3.79. The average molecular weight is 394 g/mol. The standard InChI is InChI=1S/C23H36NO2.ClH/c1-3-4-11-18-26-23(25)20-24(15-9-6-10-16-24)17-14-21(2)19-22-12-7-5-8-13-22;/h5,7-8,12-14H,3-4,6,9-11,15-20H2,1-2H3;1H/q+1;/p-1/b21-14+;. The highest BCUT2D eigenvalue weighted by atomic mass is 35.5. The Labute approximate surface area is 171 Å². The van der Waals surface area contributed by atoms with Crippen LogP contribution in [0.4, 0.5) is 0 Å². The summed E-state index contributed by atoms with van der Waals surface area (Å²) in [5.74, 6) is -0.0166. The molecule has 0 saturated carbocycles. The molecule has 27 heavy (non-hydrogen) atoms. The first-order valence-corrected chi connectivity index (χ1v) is 10.3. The number of allylic oxidation sites excluding steroid dienone is 1. The molecule has 1 heterocycles. The maximum atomic E-state index is 12.4. The lowest BCUT2D eigenvalue weighted by atomic mass is 10.0. The summed E-state index contributed by atoms with van der Waals surface area (Å²) in [6.45, 7) is 8.62. The Morgan fingerprint density at radius 3 is 2.48 bits per heavy atom. The van der Waals surface area contributed by atoms with Crippen LogP contribution in [0, 0.1) is 0 Å². The van der Waals surface area contributed by atoms with E-state index in [1.165, 1.54) is 30.4 Å². The average Bonchev–Trinajstić information content (AvgIpc) is 2.65. The normalized spacial score (nSPS) is 16.4. The Kier molecular flexibility index (Phi) is 11.4. The molecule has 0 amide bonds. The van der Waals surface area contributed by atoms with E-state index < -0.39 is 0 Å². The number of hydrogen-bond donors (Lipinski definition) is 0. The number of carbonyl (C=O) groups excluding carboxylic acids is 1. The van der Waals surface area contributed by atoms with Crippen molar-refractivity contribution in [1.29, 1.82) is 0 Å². The monoisotopic (exact) mass is 393 g/mol. The van der Waals surface area contributed by atoms with Crippen molar-refractivity contribution in [3.63, 3.8) is 0 Å². The topological polar surface area (TPSA) is 26.3 Å².